The van der Waals surface area contributed by atoms with E-state index in [0.717, 1.165) is 42.9 Å². The lowest BCUT2D eigenvalue weighted by molar-refractivity contribution is -0.131. The van der Waals surface area contributed by atoms with Gasteiger partial charge in [-0.15, -0.1) is 0 Å². The van der Waals surface area contributed by atoms with Crippen LogP contribution in [-0.2, 0) is 17.9 Å². The Balaban J connectivity index is 1.84. The third kappa shape index (κ3) is 2.96. The van der Waals surface area contributed by atoms with Gasteiger partial charge < -0.3 is 4.90 Å². The van der Waals surface area contributed by atoms with Gasteiger partial charge in [-0.1, -0.05) is 6.92 Å². The van der Waals surface area contributed by atoms with E-state index in [0.29, 0.717) is 13.0 Å². The van der Waals surface area contributed by atoms with Crippen LogP contribution >= 0.6 is 0 Å². The predicted octanol–water partition coefficient (Wildman–Crippen LogP) is 2.48. The minimum absolute atomic E-state index is 0.248. The van der Waals surface area contributed by atoms with Crippen molar-refractivity contribution >= 4 is 5.91 Å². The third-order valence-electron chi connectivity index (χ3n) is 3.81. The molecule has 0 unspecified atom stereocenters. The van der Waals surface area contributed by atoms with E-state index in [1.807, 2.05) is 28.6 Å². The first-order valence-electron chi connectivity index (χ1n) is 7.53. The Morgan fingerprint density at radius 3 is 2.86 bits per heavy atom. The van der Waals surface area contributed by atoms with Crippen molar-refractivity contribution in [3.63, 3.8) is 0 Å². The fourth-order valence-electron chi connectivity index (χ4n) is 2.71. The van der Waals surface area contributed by atoms with Gasteiger partial charge in [0.15, 0.2) is 0 Å². The zero-order chi connectivity index (χ0) is 14.7. The molecule has 110 valence electrons. The van der Waals surface area contributed by atoms with Crippen molar-refractivity contribution in [3.8, 4) is 11.3 Å². The first kappa shape index (κ1) is 13.8. The smallest absolute Gasteiger partial charge is 0.222 e. The summed E-state index contributed by atoms with van der Waals surface area (Å²) in [5.41, 5.74) is 3.14. The van der Waals surface area contributed by atoms with E-state index in [-0.39, 0.29) is 5.91 Å². The van der Waals surface area contributed by atoms with Crippen molar-refractivity contribution in [2.45, 2.75) is 39.3 Å². The molecule has 3 rings (SSSR count). The second-order valence-corrected chi connectivity index (χ2v) is 5.40. The predicted molar refractivity (Wildman–Crippen MR) is 80.4 cm³/mol. The summed E-state index contributed by atoms with van der Waals surface area (Å²) in [5.74, 6) is 0.248. The first-order valence-corrected chi connectivity index (χ1v) is 7.53. The number of aromatic nitrogens is 3. The molecule has 3 heterocycles. The van der Waals surface area contributed by atoms with Gasteiger partial charge in [-0.25, -0.2) is 0 Å². The van der Waals surface area contributed by atoms with Crippen LogP contribution in [0.3, 0.4) is 0 Å². The van der Waals surface area contributed by atoms with E-state index in [2.05, 4.69) is 16.1 Å². The summed E-state index contributed by atoms with van der Waals surface area (Å²) in [6, 6.07) is 6.01. The number of carbonyl (C=O) groups excluding carboxylic acids is 1. The van der Waals surface area contributed by atoms with E-state index < -0.39 is 0 Å². The minimum atomic E-state index is 0.248. The maximum atomic E-state index is 12.1. The monoisotopic (exact) mass is 284 g/mol. The lowest BCUT2D eigenvalue weighted by Crippen LogP contribution is -2.30. The van der Waals surface area contributed by atoms with Gasteiger partial charge >= 0.3 is 0 Å². The molecule has 1 amide bonds. The highest BCUT2D eigenvalue weighted by atomic mass is 16.2. The Morgan fingerprint density at radius 2 is 2.10 bits per heavy atom. The number of pyridine rings is 1. The van der Waals surface area contributed by atoms with Gasteiger partial charge in [0, 0.05) is 37.5 Å². The van der Waals surface area contributed by atoms with Crippen molar-refractivity contribution < 1.29 is 4.79 Å². The molecular weight excluding hydrogens is 264 g/mol. The molecule has 0 aromatic carbocycles. The molecule has 0 saturated carbocycles. The van der Waals surface area contributed by atoms with Crippen molar-refractivity contribution in [1.29, 1.82) is 0 Å². The molecule has 0 N–H and O–H groups in total. The summed E-state index contributed by atoms with van der Waals surface area (Å²) in [7, 11) is 0. The lowest BCUT2D eigenvalue weighted by Gasteiger charge is -2.19. The van der Waals surface area contributed by atoms with Gasteiger partial charge in [0.2, 0.25) is 5.91 Å². The van der Waals surface area contributed by atoms with E-state index in [1.165, 1.54) is 0 Å². The fraction of sp³-hybridized carbons (Fsp3) is 0.438. The van der Waals surface area contributed by atoms with Crippen LogP contribution in [0.25, 0.3) is 11.3 Å². The number of amides is 1. The molecular formula is C16H20N4O. The summed E-state index contributed by atoms with van der Waals surface area (Å²) in [5, 5.41) is 4.67. The maximum Gasteiger partial charge on any atom is 0.222 e. The summed E-state index contributed by atoms with van der Waals surface area (Å²) in [6.07, 6.45) is 6.04. The quantitative estimate of drug-likeness (QED) is 0.870. The van der Waals surface area contributed by atoms with Crippen LogP contribution in [-0.4, -0.2) is 32.1 Å². The zero-order valence-corrected chi connectivity index (χ0v) is 12.3. The molecule has 0 spiro atoms. The zero-order valence-electron chi connectivity index (χ0n) is 12.3. The molecule has 5 nitrogen and oxygen atoms in total. The van der Waals surface area contributed by atoms with E-state index >= 15 is 0 Å². The van der Waals surface area contributed by atoms with E-state index in [1.54, 1.807) is 12.4 Å². The molecule has 21 heavy (non-hydrogen) atoms. The minimum Gasteiger partial charge on any atom is -0.337 e. The molecule has 5 heteroatoms. The molecule has 2 aromatic heterocycles. The van der Waals surface area contributed by atoms with Crippen LogP contribution in [0.5, 0.6) is 0 Å². The standard InChI is InChI=1S/C16H20N4O/c1-2-4-16(21)19-9-3-10-20-14(12-19)11-15(18-20)13-5-7-17-8-6-13/h5-8,11H,2-4,9-10,12H2,1H3. The van der Waals surface area contributed by atoms with Crippen molar-refractivity contribution in [3.05, 3.63) is 36.3 Å². The normalized spacial score (nSPS) is 14.6. The third-order valence-corrected chi connectivity index (χ3v) is 3.81. The number of hydrogen-bond acceptors (Lipinski definition) is 3. The highest BCUT2D eigenvalue weighted by Crippen LogP contribution is 2.21. The SMILES string of the molecule is CCCC(=O)N1CCCn2nc(-c3ccncc3)cc2C1. The number of rotatable bonds is 3. The maximum absolute atomic E-state index is 12.1. The molecule has 2 aromatic rings. The fourth-order valence-corrected chi connectivity index (χ4v) is 2.71. The average molecular weight is 284 g/mol. The van der Waals surface area contributed by atoms with Gasteiger partial charge in [0.1, 0.15) is 0 Å². The average Bonchev–Trinajstić information content (AvgIpc) is 2.80. The summed E-state index contributed by atoms with van der Waals surface area (Å²) in [4.78, 5) is 18.1. The van der Waals surface area contributed by atoms with E-state index in [4.69, 9.17) is 0 Å². The van der Waals surface area contributed by atoms with Crippen LogP contribution in [0, 0.1) is 0 Å². The first-order chi connectivity index (χ1) is 10.3. The van der Waals surface area contributed by atoms with Crippen molar-refractivity contribution in [2.24, 2.45) is 0 Å². The highest BCUT2D eigenvalue weighted by molar-refractivity contribution is 5.76. The number of aryl methyl sites for hydroxylation is 1. The van der Waals surface area contributed by atoms with Gasteiger partial charge in [-0.05, 0) is 31.0 Å². The second-order valence-electron chi connectivity index (χ2n) is 5.40. The Kier molecular flexibility index (Phi) is 3.99. The van der Waals surface area contributed by atoms with Crippen LogP contribution in [0.4, 0.5) is 0 Å². The lowest BCUT2D eigenvalue weighted by atomic mass is 10.2. The molecule has 0 aliphatic carbocycles. The molecule has 1 aliphatic heterocycles. The van der Waals surface area contributed by atoms with Gasteiger partial charge in [-0.3, -0.25) is 14.5 Å². The Morgan fingerprint density at radius 1 is 1.29 bits per heavy atom. The Hall–Kier alpha value is -2.17. The number of fused-ring (bicyclic) bond motifs is 1. The van der Waals surface area contributed by atoms with Gasteiger partial charge in [0.05, 0.1) is 17.9 Å². The summed E-state index contributed by atoms with van der Waals surface area (Å²) >= 11 is 0. The van der Waals surface area contributed by atoms with Gasteiger partial charge in [0.25, 0.3) is 0 Å². The molecule has 0 radical (unpaired) electrons. The molecule has 0 fully saturated rings. The number of hydrogen-bond donors (Lipinski definition) is 0. The second kappa shape index (κ2) is 6.08. The van der Waals surface area contributed by atoms with Crippen molar-refractivity contribution in [2.75, 3.05) is 6.54 Å². The number of carbonyl (C=O) groups is 1. The molecule has 1 aliphatic rings. The van der Waals surface area contributed by atoms with Crippen LogP contribution in [0.15, 0.2) is 30.6 Å². The Labute approximate surface area is 124 Å². The number of nitrogens with zero attached hydrogens (tertiary/aromatic N) is 4. The van der Waals surface area contributed by atoms with Crippen molar-refractivity contribution in [1.82, 2.24) is 19.7 Å². The van der Waals surface area contributed by atoms with Gasteiger partial charge in [-0.2, -0.15) is 5.10 Å². The van der Waals surface area contributed by atoms with Crippen LogP contribution in [0.1, 0.15) is 31.9 Å². The molecule has 0 atom stereocenters. The molecule has 0 saturated heterocycles. The van der Waals surface area contributed by atoms with Crippen LogP contribution < -0.4 is 0 Å². The molecule has 0 bridgehead atoms. The Bertz CT molecular complexity index is 620. The topological polar surface area (TPSA) is 51.0 Å². The van der Waals surface area contributed by atoms with E-state index in [9.17, 15) is 4.79 Å². The largest absolute Gasteiger partial charge is 0.337 e. The summed E-state index contributed by atoms with van der Waals surface area (Å²) < 4.78 is 2.04. The highest BCUT2D eigenvalue weighted by Gasteiger charge is 2.20. The van der Waals surface area contributed by atoms with Crippen LogP contribution in [0.2, 0.25) is 0 Å². The summed E-state index contributed by atoms with van der Waals surface area (Å²) in [6.45, 7) is 4.40.